The smallest absolute Gasteiger partial charge is 0.325 e. The van der Waals surface area contributed by atoms with E-state index in [9.17, 15) is 14.4 Å². The number of rotatable bonds is 4. The van der Waals surface area contributed by atoms with Gasteiger partial charge in [0.1, 0.15) is 12.1 Å². The van der Waals surface area contributed by atoms with E-state index in [0.29, 0.717) is 5.69 Å². The molecule has 0 atom stereocenters. The first kappa shape index (κ1) is 15.0. The predicted octanol–water partition coefficient (Wildman–Crippen LogP) is 0.787. The lowest BCUT2D eigenvalue weighted by Gasteiger charge is -2.15. The third kappa shape index (κ3) is 3.31. The van der Waals surface area contributed by atoms with Gasteiger partial charge in [-0.1, -0.05) is 0 Å². The molecule has 8 nitrogen and oxygen atoms in total. The van der Waals surface area contributed by atoms with E-state index in [2.05, 4.69) is 15.4 Å². The fraction of sp³-hybridized carbons (Fsp3) is 0.333. The average molecular weight is 316 g/mol. The summed E-state index contributed by atoms with van der Waals surface area (Å²) in [6.45, 7) is -0.296. The van der Waals surface area contributed by atoms with E-state index in [0.717, 1.165) is 36.9 Å². The average Bonchev–Trinajstić information content (AvgIpc) is 2.92. The van der Waals surface area contributed by atoms with Gasteiger partial charge < -0.3 is 15.4 Å². The predicted molar refractivity (Wildman–Crippen MR) is 81.5 cm³/mol. The summed E-state index contributed by atoms with van der Waals surface area (Å²) >= 11 is 0. The Morgan fingerprint density at radius 1 is 1.35 bits per heavy atom. The molecule has 2 heterocycles. The van der Waals surface area contributed by atoms with Gasteiger partial charge >= 0.3 is 5.97 Å². The highest BCUT2D eigenvalue weighted by molar-refractivity contribution is 6.04. The number of hydrogen-bond acceptors (Lipinski definition) is 4. The number of fused-ring (bicyclic) bond motifs is 1. The van der Waals surface area contributed by atoms with E-state index >= 15 is 0 Å². The highest BCUT2D eigenvalue weighted by Gasteiger charge is 2.17. The van der Waals surface area contributed by atoms with Gasteiger partial charge in [0.05, 0.1) is 11.9 Å². The minimum Gasteiger partial charge on any atom is -0.480 e. The van der Waals surface area contributed by atoms with Crippen LogP contribution in [-0.4, -0.2) is 31.7 Å². The molecule has 0 saturated heterocycles. The van der Waals surface area contributed by atoms with Crippen molar-refractivity contribution in [1.82, 2.24) is 14.8 Å². The molecule has 23 heavy (non-hydrogen) atoms. The minimum absolute atomic E-state index is 0.0524. The fourth-order valence-electron chi connectivity index (χ4n) is 2.70. The van der Waals surface area contributed by atoms with Crippen LogP contribution < -0.4 is 10.9 Å². The molecule has 0 unspecified atom stereocenters. The number of pyridine rings is 1. The van der Waals surface area contributed by atoms with E-state index in [1.54, 1.807) is 6.07 Å². The van der Waals surface area contributed by atoms with Crippen LogP contribution in [0, 0.1) is 0 Å². The maximum absolute atomic E-state index is 12.3. The Morgan fingerprint density at radius 2 is 2.13 bits per heavy atom. The maximum atomic E-state index is 12.3. The minimum atomic E-state index is -1.03. The van der Waals surface area contributed by atoms with Crippen LogP contribution in [0.5, 0.6) is 0 Å². The van der Waals surface area contributed by atoms with Crippen LogP contribution in [0.2, 0.25) is 0 Å². The van der Waals surface area contributed by atoms with Gasteiger partial charge in [0, 0.05) is 11.9 Å². The second-order valence-corrected chi connectivity index (χ2v) is 5.50. The summed E-state index contributed by atoms with van der Waals surface area (Å²) in [4.78, 5) is 37.7. The molecule has 3 N–H and O–H groups in total. The molecule has 1 aliphatic rings. The number of carbonyl (C=O) groups excluding carboxylic acids is 1. The summed E-state index contributed by atoms with van der Waals surface area (Å²) in [7, 11) is 0. The van der Waals surface area contributed by atoms with Gasteiger partial charge in [-0.2, -0.15) is 5.10 Å². The van der Waals surface area contributed by atoms with Crippen LogP contribution in [0.15, 0.2) is 23.3 Å². The van der Waals surface area contributed by atoms with E-state index in [4.69, 9.17) is 5.11 Å². The first-order valence-electron chi connectivity index (χ1n) is 7.33. The number of aromatic amines is 1. The summed E-state index contributed by atoms with van der Waals surface area (Å²) < 4.78 is 1.19. The van der Waals surface area contributed by atoms with Gasteiger partial charge in [0.15, 0.2) is 0 Å². The first-order chi connectivity index (χ1) is 11.0. The van der Waals surface area contributed by atoms with E-state index in [-0.39, 0.29) is 12.1 Å². The zero-order chi connectivity index (χ0) is 16.4. The van der Waals surface area contributed by atoms with Gasteiger partial charge in [-0.25, -0.2) is 0 Å². The lowest BCUT2D eigenvalue weighted by atomic mass is 9.95. The Kier molecular flexibility index (Phi) is 3.96. The molecule has 0 aromatic carbocycles. The van der Waals surface area contributed by atoms with Crippen LogP contribution >= 0.6 is 0 Å². The highest BCUT2D eigenvalue weighted by atomic mass is 16.4. The number of aromatic nitrogens is 3. The number of nitrogens with one attached hydrogen (secondary N) is 2. The van der Waals surface area contributed by atoms with Crippen molar-refractivity contribution >= 4 is 17.6 Å². The van der Waals surface area contributed by atoms with E-state index < -0.39 is 17.4 Å². The summed E-state index contributed by atoms with van der Waals surface area (Å²) in [6.07, 6.45) is 6.50. The third-order valence-corrected chi connectivity index (χ3v) is 3.77. The zero-order valence-electron chi connectivity index (χ0n) is 12.3. The Labute approximate surface area is 131 Å². The first-order valence-corrected chi connectivity index (χ1v) is 7.33. The number of carboxylic acids is 1. The van der Waals surface area contributed by atoms with Gasteiger partial charge in [-0.3, -0.25) is 19.1 Å². The zero-order valence-corrected chi connectivity index (χ0v) is 12.3. The number of aryl methyl sites for hydroxylation is 2. The molecule has 0 aliphatic heterocycles. The van der Waals surface area contributed by atoms with Crippen molar-refractivity contribution in [3.8, 4) is 0 Å². The van der Waals surface area contributed by atoms with Gasteiger partial charge in [0.25, 0.3) is 11.5 Å². The van der Waals surface area contributed by atoms with Crippen molar-refractivity contribution in [2.45, 2.75) is 32.2 Å². The van der Waals surface area contributed by atoms with Crippen molar-refractivity contribution in [2.75, 3.05) is 5.32 Å². The number of amides is 1. The van der Waals surface area contributed by atoms with Crippen molar-refractivity contribution < 1.29 is 14.7 Å². The van der Waals surface area contributed by atoms with Crippen molar-refractivity contribution in [2.24, 2.45) is 0 Å². The Hall–Kier alpha value is -2.90. The molecular weight excluding hydrogens is 300 g/mol. The van der Waals surface area contributed by atoms with Gasteiger partial charge in [-0.05, 0) is 37.3 Å². The molecule has 0 saturated carbocycles. The lowest BCUT2D eigenvalue weighted by Crippen LogP contribution is -2.26. The molecular formula is C15H16N4O4. The summed E-state index contributed by atoms with van der Waals surface area (Å²) in [5.41, 5.74) is 1.89. The maximum Gasteiger partial charge on any atom is 0.325 e. The number of carbonyl (C=O) groups is 2. The summed E-state index contributed by atoms with van der Waals surface area (Å²) in [5, 5.41) is 15.1. The monoisotopic (exact) mass is 316 g/mol. The van der Waals surface area contributed by atoms with Crippen molar-refractivity contribution in [1.29, 1.82) is 0 Å². The Bertz CT molecular complexity index is 821. The quantitative estimate of drug-likeness (QED) is 0.771. The fourth-order valence-corrected chi connectivity index (χ4v) is 2.70. The lowest BCUT2D eigenvalue weighted by molar-refractivity contribution is -0.137. The molecule has 0 fully saturated rings. The van der Waals surface area contributed by atoms with Crippen LogP contribution in [0.25, 0.3) is 0 Å². The van der Waals surface area contributed by atoms with Gasteiger partial charge in [-0.15, -0.1) is 0 Å². The van der Waals surface area contributed by atoms with Crippen LogP contribution in [-0.2, 0) is 24.2 Å². The molecule has 2 aromatic rings. The standard InChI is InChI=1S/C15H16N4O4/c20-13(21)8-19-7-10(6-16-19)17-14(22)11-5-9-3-1-2-4-12(9)18-15(11)23/h5-7H,1-4,8H2,(H,17,22)(H,18,23)(H,20,21). The molecule has 120 valence electrons. The van der Waals surface area contributed by atoms with Crippen LogP contribution in [0.4, 0.5) is 5.69 Å². The SMILES string of the molecule is O=C(O)Cn1cc(NC(=O)c2cc3c([nH]c2=O)CCCC3)cn1. The van der Waals surface area contributed by atoms with Crippen molar-refractivity contribution in [3.05, 3.63) is 45.6 Å². The number of carboxylic acid groups (broad SMARTS) is 1. The molecule has 0 radical (unpaired) electrons. The molecule has 3 rings (SSSR count). The molecule has 2 aromatic heterocycles. The largest absolute Gasteiger partial charge is 0.480 e. The number of hydrogen-bond donors (Lipinski definition) is 3. The van der Waals surface area contributed by atoms with E-state index in [1.165, 1.54) is 17.1 Å². The summed E-state index contributed by atoms with van der Waals surface area (Å²) in [6, 6.07) is 1.64. The Morgan fingerprint density at radius 3 is 2.91 bits per heavy atom. The van der Waals surface area contributed by atoms with Crippen LogP contribution in [0.1, 0.15) is 34.5 Å². The topological polar surface area (TPSA) is 117 Å². The second-order valence-electron chi connectivity index (χ2n) is 5.50. The second kappa shape index (κ2) is 6.07. The third-order valence-electron chi connectivity index (χ3n) is 3.77. The molecule has 1 aliphatic carbocycles. The number of anilines is 1. The number of H-pyrrole nitrogens is 1. The normalized spacial score (nSPS) is 13.4. The van der Waals surface area contributed by atoms with Gasteiger partial charge in [0.2, 0.25) is 0 Å². The molecule has 1 amide bonds. The molecule has 8 heteroatoms. The number of nitrogens with zero attached hydrogens (tertiary/aromatic N) is 2. The van der Waals surface area contributed by atoms with Crippen molar-refractivity contribution in [3.63, 3.8) is 0 Å². The van der Waals surface area contributed by atoms with E-state index in [1.807, 2.05) is 0 Å². The summed E-state index contributed by atoms with van der Waals surface area (Å²) in [5.74, 6) is -1.56. The number of aliphatic carboxylic acids is 1. The van der Waals surface area contributed by atoms with Crippen LogP contribution in [0.3, 0.4) is 0 Å². The molecule has 0 spiro atoms. The Balaban J connectivity index is 1.79. The highest BCUT2D eigenvalue weighted by Crippen LogP contribution is 2.19. The molecule has 0 bridgehead atoms.